The average molecular weight is 296 g/mol. The van der Waals surface area contributed by atoms with Gasteiger partial charge in [-0.25, -0.2) is 8.42 Å². The van der Waals surface area contributed by atoms with Gasteiger partial charge in [-0.2, -0.15) is 0 Å². The number of carbonyl (C=O) groups is 1. The SMILES string of the molecule is O=C(CS(=O)(=O)CCCCCCl)N1CCCCC1. The van der Waals surface area contributed by atoms with Gasteiger partial charge in [-0.3, -0.25) is 4.79 Å². The van der Waals surface area contributed by atoms with Gasteiger partial charge in [0.2, 0.25) is 5.91 Å². The number of nitrogens with zero attached hydrogens (tertiary/aromatic N) is 1. The number of alkyl halides is 1. The molecule has 0 unspecified atom stereocenters. The van der Waals surface area contributed by atoms with Crippen LogP contribution in [0.1, 0.15) is 38.5 Å². The van der Waals surface area contributed by atoms with Crippen molar-refractivity contribution in [3.05, 3.63) is 0 Å². The van der Waals surface area contributed by atoms with Gasteiger partial charge < -0.3 is 4.90 Å². The molecule has 0 atom stereocenters. The van der Waals surface area contributed by atoms with E-state index in [1.54, 1.807) is 4.90 Å². The molecule has 18 heavy (non-hydrogen) atoms. The molecule has 1 rings (SSSR count). The highest BCUT2D eigenvalue weighted by Crippen LogP contribution is 2.10. The van der Waals surface area contributed by atoms with Crippen molar-refractivity contribution in [2.24, 2.45) is 0 Å². The number of sulfone groups is 1. The van der Waals surface area contributed by atoms with E-state index in [4.69, 9.17) is 11.6 Å². The standard InChI is InChI=1S/C12H22ClNO3S/c13-7-3-1-6-10-18(16,17)11-12(15)14-8-4-2-5-9-14/h1-11H2. The van der Waals surface area contributed by atoms with E-state index < -0.39 is 9.84 Å². The summed E-state index contributed by atoms with van der Waals surface area (Å²) in [7, 11) is -3.24. The Morgan fingerprint density at radius 1 is 1.06 bits per heavy atom. The molecule has 0 aromatic carbocycles. The number of carbonyl (C=O) groups excluding carboxylic acids is 1. The van der Waals surface area contributed by atoms with Crippen LogP contribution in [0.25, 0.3) is 0 Å². The fourth-order valence-corrected chi connectivity index (χ4v) is 3.62. The molecule has 0 radical (unpaired) electrons. The highest BCUT2D eigenvalue weighted by molar-refractivity contribution is 7.92. The molecular weight excluding hydrogens is 274 g/mol. The molecule has 0 aromatic heterocycles. The minimum absolute atomic E-state index is 0.101. The monoisotopic (exact) mass is 295 g/mol. The van der Waals surface area contributed by atoms with Crippen molar-refractivity contribution in [1.29, 1.82) is 0 Å². The molecule has 0 saturated carbocycles. The molecule has 0 aromatic rings. The van der Waals surface area contributed by atoms with Crippen molar-refractivity contribution < 1.29 is 13.2 Å². The van der Waals surface area contributed by atoms with Crippen LogP contribution in [0.15, 0.2) is 0 Å². The zero-order chi connectivity index (χ0) is 13.4. The Kier molecular flexibility index (Phi) is 7.00. The Balaban J connectivity index is 2.32. The lowest BCUT2D eigenvalue weighted by atomic mass is 10.1. The second-order valence-corrected chi connectivity index (χ2v) is 7.35. The van der Waals surface area contributed by atoms with Crippen molar-refractivity contribution in [1.82, 2.24) is 4.90 Å². The van der Waals surface area contributed by atoms with Crippen LogP contribution in [0.2, 0.25) is 0 Å². The van der Waals surface area contributed by atoms with Crippen LogP contribution in [-0.2, 0) is 14.6 Å². The van der Waals surface area contributed by atoms with E-state index in [0.29, 0.717) is 25.4 Å². The second-order valence-electron chi connectivity index (χ2n) is 4.78. The summed E-state index contributed by atoms with van der Waals surface area (Å²) in [5, 5.41) is 0. The first-order chi connectivity index (χ1) is 8.55. The minimum atomic E-state index is -3.24. The summed E-state index contributed by atoms with van der Waals surface area (Å²) in [5.41, 5.74) is 0. The molecule has 0 spiro atoms. The van der Waals surface area contributed by atoms with E-state index in [2.05, 4.69) is 0 Å². The molecule has 1 saturated heterocycles. The van der Waals surface area contributed by atoms with E-state index in [1.165, 1.54) is 0 Å². The topological polar surface area (TPSA) is 54.5 Å². The summed E-state index contributed by atoms with van der Waals surface area (Å²) >= 11 is 5.53. The summed E-state index contributed by atoms with van der Waals surface area (Å²) in [6.45, 7) is 1.42. The molecule has 6 heteroatoms. The smallest absolute Gasteiger partial charge is 0.237 e. The van der Waals surface area contributed by atoms with Crippen LogP contribution < -0.4 is 0 Å². The molecule has 0 N–H and O–H groups in total. The van der Waals surface area contributed by atoms with Crippen molar-refractivity contribution >= 4 is 27.3 Å². The van der Waals surface area contributed by atoms with Crippen LogP contribution in [0, 0.1) is 0 Å². The molecular formula is C12H22ClNO3S. The molecule has 1 aliphatic heterocycles. The van der Waals surface area contributed by atoms with E-state index in [-0.39, 0.29) is 17.4 Å². The normalized spacial score (nSPS) is 16.8. The highest BCUT2D eigenvalue weighted by Gasteiger charge is 2.22. The first kappa shape index (κ1) is 15.8. The van der Waals surface area contributed by atoms with Crippen molar-refractivity contribution in [2.45, 2.75) is 38.5 Å². The van der Waals surface area contributed by atoms with Gasteiger partial charge in [0.1, 0.15) is 5.75 Å². The van der Waals surface area contributed by atoms with E-state index >= 15 is 0 Å². The van der Waals surface area contributed by atoms with E-state index in [0.717, 1.165) is 32.1 Å². The summed E-state index contributed by atoms with van der Waals surface area (Å²) in [5.74, 6) is 0.108. The first-order valence-corrected chi connectivity index (χ1v) is 8.95. The largest absolute Gasteiger partial charge is 0.342 e. The lowest BCUT2D eigenvalue weighted by Crippen LogP contribution is -2.39. The lowest BCUT2D eigenvalue weighted by Gasteiger charge is -2.26. The molecule has 4 nitrogen and oxygen atoms in total. The maximum Gasteiger partial charge on any atom is 0.237 e. The summed E-state index contributed by atoms with van der Waals surface area (Å²) in [6, 6.07) is 0. The Bertz CT molecular complexity index is 350. The molecule has 106 valence electrons. The van der Waals surface area contributed by atoms with Gasteiger partial charge in [0.25, 0.3) is 0 Å². The predicted octanol–water partition coefficient (Wildman–Crippen LogP) is 1.82. The van der Waals surface area contributed by atoms with Gasteiger partial charge >= 0.3 is 0 Å². The number of hydrogen-bond acceptors (Lipinski definition) is 3. The van der Waals surface area contributed by atoms with E-state index in [9.17, 15) is 13.2 Å². The van der Waals surface area contributed by atoms with Crippen molar-refractivity contribution in [3.8, 4) is 0 Å². The molecule has 1 aliphatic rings. The van der Waals surface area contributed by atoms with Gasteiger partial charge in [0.05, 0.1) is 5.75 Å². The van der Waals surface area contributed by atoms with Gasteiger partial charge in [-0.15, -0.1) is 11.6 Å². The summed E-state index contributed by atoms with van der Waals surface area (Å²) < 4.78 is 23.5. The van der Waals surface area contributed by atoms with Gasteiger partial charge in [-0.05, 0) is 32.1 Å². The maximum absolute atomic E-state index is 11.8. The Morgan fingerprint density at radius 2 is 1.72 bits per heavy atom. The van der Waals surface area contributed by atoms with Crippen LogP contribution >= 0.6 is 11.6 Å². The minimum Gasteiger partial charge on any atom is -0.342 e. The van der Waals surface area contributed by atoms with Crippen molar-refractivity contribution in [2.75, 3.05) is 30.5 Å². The number of piperidine rings is 1. The lowest BCUT2D eigenvalue weighted by molar-refractivity contribution is -0.129. The molecule has 0 bridgehead atoms. The Hall–Kier alpha value is -0.290. The highest BCUT2D eigenvalue weighted by atomic mass is 35.5. The van der Waals surface area contributed by atoms with Crippen LogP contribution in [0.5, 0.6) is 0 Å². The fraction of sp³-hybridized carbons (Fsp3) is 0.917. The number of halogens is 1. The van der Waals surface area contributed by atoms with Crippen LogP contribution in [-0.4, -0.2) is 49.7 Å². The molecule has 0 aliphatic carbocycles. The Labute approximate surface area is 115 Å². The molecule has 1 amide bonds. The first-order valence-electron chi connectivity index (χ1n) is 6.59. The quantitative estimate of drug-likeness (QED) is 0.532. The maximum atomic E-state index is 11.8. The number of unbranched alkanes of at least 4 members (excludes halogenated alkanes) is 2. The third-order valence-electron chi connectivity index (χ3n) is 3.14. The molecule has 1 fully saturated rings. The zero-order valence-electron chi connectivity index (χ0n) is 10.7. The van der Waals surface area contributed by atoms with Gasteiger partial charge in [-0.1, -0.05) is 6.42 Å². The molecule has 1 heterocycles. The van der Waals surface area contributed by atoms with Crippen molar-refractivity contribution in [3.63, 3.8) is 0 Å². The third kappa shape index (κ3) is 6.05. The van der Waals surface area contributed by atoms with E-state index in [1.807, 2.05) is 0 Å². The average Bonchev–Trinajstić information content (AvgIpc) is 2.35. The number of hydrogen-bond donors (Lipinski definition) is 0. The van der Waals surface area contributed by atoms with Gasteiger partial charge in [0.15, 0.2) is 9.84 Å². The zero-order valence-corrected chi connectivity index (χ0v) is 12.3. The number of rotatable bonds is 7. The Morgan fingerprint density at radius 3 is 2.33 bits per heavy atom. The predicted molar refractivity (Wildman–Crippen MR) is 73.7 cm³/mol. The third-order valence-corrected chi connectivity index (χ3v) is 5.01. The second kappa shape index (κ2) is 8.00. The number of amides is 1. The van der Waals surface area contributed by atoms with Crippen LogP contribution in [0.3, 0.4) is 0 Å². The van der Waals surface area contributed by atoms with Crippen LogP contribution in [0.4, 0.5) is 0 Å². The number of likely N-dealkylation sites (tertiary alicyclic amines) is 1. The summed E-state index contributed by atoms with van der Waals surface area (Å²) in [6.07, 6.45) is 5.35. The van der Waals surface area contributed by atoms with Gasteiger partial charge in [0, 0.05) is 19.0 Å². The fourth-order valence-electron chi connectivity index (χ4n) is 2.09. The summed E-state index contributed by atoms with van der Waals surface area (Å²) in [4.78, 5) is 13.5.